The van der Waals surface area contributed by atoms with Crippen molar-refractivity contribution in [2.75, 3.05) is 50.8 Å². The van der Waals surface area contributed by atoms with Gasteiger partial charge in [0, 0.05) is 51.7 Å². The fourth-order valence-electron chi connectivity index (χ4n) is 5.41. The van der Waals surface area contributed by atoms with Crippen LogP contribution < -0.4 is 9.64 Å². The average molecular weight is 470 g/mol. The number of ether oxygens (including phenoxy) is 1. The van der Waals surface area contributed by atoms with Crippen LogP contribution >= 0.6 is 0 Å². The summed E-state index contributed by atoms with van der Waals surface area (Å²) in [6.45, 7) is 8.38. The van der Waals surface area contributed by atoms with E-state index in [0.29, 0.717) is 12.2 Å². The maximum atomic E-state index is 13.2. The Kier molecular flexibility index (Phi) is 5.86. The van der Waals surface area contributed by atoms with Crippen LogP contribution in [0.25, 0.3) is 10.8 Å². The molecule has 1 amide bonds. The van der Waals surface area contributed by atoms with Crippen LogP contribution in [0.4, 0.5) is 11.5 Å². The zero-order valence-corrected chi connectivity index (χ0v) is 20.2. The minimum absolute atomic E-state index is 0.0924. The molecule has 0 bridgehead atoms. The van der Waals surface area contributed by atoms with Gasteiger partial charge in [-0.2, -0.15) is 0 Å². The molecular weight excluding hydrogens is 438 g/mol. The van der Waals surface area contributed by atoms with Gasteiger partial charge in [0.2, 0.25) is 0 Å². The lowest BCUT2D eigenvalue weighted by Crippen LogP contribution is -2.47. The third-order valence-electron chi connectivity index (χ3n) is 7.44. The van der Waals surface area contributed by atoms with E-state index in [2.05, 4.69) is 44.9 Å². The second kappa shape index (κ2) is 9.30. The monoisotopic (exact) mass is 469 g/mol. The zero-order chi connectivity index (χ0) is 23.8. The number of carbonyl (C=O) groups is 1. The molecule has 3 aliphatic rings. The first kappa shape index (κ1) is 22.0. The van der Waals surface area contributed by atoms with Crippen molar-refractivity contribution in [3.8, 4) is 5.75 Å². The van der Waals surface area contributed by atoms with Gasteiger partial charge in [-0.25, -0.2) is 4.98 Å². The summed E-state index contributed by atoms with van der Waals surface area (Å²) in [5.41, 5.74) is 2.57. The molecule has 7 nitrogen and oxygen atoms in total. The van der Waals surface area contributed by atoms with Crippen molar-refractivity contribution < 1.29 is 9.53 Å². The van der Waals surface area contributed by atoms with Gasteiger partial charge >= 0.3 is 0 Å². The van der Waals surface area contributed by atoms with Gasteiger partial charge in [-0.3, -0.25) is 14.7 Å². The van der Waals surface area contributed by atoms with E-state index < -0.39 is 0 Å². The summed E-state index contributed by atoms with van der Waals surface area (Å²) >= 11 is 0. The quantitative estimate of drug-likeness (QED) is 0.564. The molecule has 0 radical (unpaired) electrons. The molecule has 0 N–H and O–H groups in total. The highest BCUT2D eigenvalue weighted by atomic mass is 16.5. The number of rotatable bonds is 5. The molecule has 2 saturated heterocycles. The number of carbonyl (C=O) groups excluding carboxylic acids is 1. The Morgan fingerprint density at radius 2 is 1.89 bits per heavy atom. The van der Waals surface area contributed by atoms with Crippen molar-refractivity contribution in [3.05, 3.63) is 59.8 Å². The van der Waals surface area contributed by atoms with Crippen LogP contribution in [0.1, 0.15) is 28.8 Å². The van der Waals surface area contributed by atoms with Gasteiger partial charge < -0.3 is 14.5 Å². The number of anilines is 1. The standard InChI is InChI=1S/C28H31N5O2/c1-20-15-21-17-25-24(28(34)33-8-4-5-23(33)19-30-25)16-22(21)18-26(20)35-14-13-31-9-11-32(12-10-31)27-6-2-3-7-29-27/h2-3,6-7,15-19,23H,4-5,8-14H2,1H3/t23-/m0/s1. The minimum atomic E-state index is 0.0924. The molecular formula is C28H31N5O2. The molecule has 6 rings (SSSR count). The summed E-state index contributed by atoms with van der Waals surface area (Å²) in [7, 11) is 0. The average Bonchev–Trinajstić information content (AvgIpc) is 3.32. The second-order valence-corrected chi connectivity index (χ2v) is 9.69. The lowest BCUT2D eigenvalue weighted by atomic mass is 10.0. The summed E-state index contributed by atoms with van der Waals surface area (Å²) < 4.78 is 6.23. The predicted molar refractivity (Wildman–Crippen MR) is 139 cm³/mol. The van der Waals surface area contributed by atoms with Crippen molar-refractivity contribution in [2.45, 2.75) is 25.8 Å². The summed E-state index contributed by atoms with van der Waals surface area (Å²) in [5, 5.41) is 2.11. The van der Waals surface area contributed by atoms with Crippen LogP contribution in [-0.2, 0) is 0 Å². The Labute approximate surface area is 206 Å². The zero-order valence-electron chi connectivity index (χ0n) is 20.2. The molecule has 0 unspecified atom stereocenters. The number of piperazine rings is 1. The van der Waals surface area contributed by atoms with Gasteiger partial charge in [-0.05, 0) is 72.5 Å². The molecule has 0 aliphatic carbocycles. The van der Waals surface area contributed by atoms with Gasteiger partial charge in [0.1, 0.15) is 18.2 Å². The molecule has 2 fully saturated rings. The molecule has 1 atom stereocenters. The largest absolute Gasteiger partial charge is 0.492 e. The normalized spacial score (nSPS) is 20.1. The van der Waals surface area contributed by atoms with E-state index in [4.69, 9.17) is 4.74 Å². The molecule has 1 aromatic heterocycles. The summed E-state index contributed by atoms with van der Waals surface area (Å²) in [5.74, 6) is 2.03. The van der Waals surface area contributed by atoms with E-state index in [1.165, 1.54) is 0 Å². The van der Waals surface area contributed by atoms with Crippen LogP contribution in [0.15, 0.2) is 53.7 Å². The number of aryl methyl sites for hydroxylation is 1. The molecule has 3 aromatic rings. The number of benzene rings is 2. The van der Waals surface area contributed by atoms with Crippen LogP contribution in [-0.4, -0.2) is 78.8 Å². The molecule has 0 saturated carbocycles. The smallest absolute Gasteiger partial charge is 0.256 e. The number of fused-ring (bicyclic) bond motifs is 3. The van der Waals surface area contributed by atoms with E-state index in [9.17, 15) is 4.79 Å². The van der Waals surface area contributed by atoms with Crippen molar-refractivity contribution in [2.24, 2.45) is 4.99 Å². The van der Waals surface area contributed by atoms with E-state index in [1.54, 1.807) is 0 Å². The summed E-state index contributed by atoms with van der Waals surface area (Å²) in [4.78, 5) is 29.1. The molecule has 4 heterocycles. The Hall–Kier alpha value is -3.45. The maximum Gasteiger partial charge on any atom is 0.256 e. The van der Waals surface area contributed by atoms with Crippen LogP contribution in [0.3, 0.4) is 0 Å². The van der Waals surface area contributed by atoms with Crippen molar-refractivity contribution >= 4 is 34.4 Å². The molecule has 2 aromatic carbocycles. The third kappa shape index (κ3) is 4.36. The molecule has 3 aliphatic heterocycles. The summed E-state index contributed by atoms with van der Waals surface area (Å²) in [6.07, 6.45) is 5.84. The van der Waals surface area contributed by atoms with Crippen LogP contribution in [0, 0.1) is 6.92 Å². The molecule has 0 spiro atoms. The van der Waals surface area contributed by atoms with Gasteiger partial charge in [-0.1, -0.05) is 6.07 Å². The lowest BCUT2D eigenvalue weighted by Gasteiger charge is -2.35. The number of nitrogens with zero attached hydrogens (tertiary/aromatic N) is 5. The Balaban J connectivity index is 1.12. The Morgan fingerprint density at radius 3 is 2.71 bits per heavy atom. The minimum Gasteiger partial charge on any atom is -0.492 e. The predicted octanol–water partition coefficient (Wildman–Crippen LogP) is 4.06. The van der Waals surface area contributed by atoms with E-state index in [-0.39, 0.29) is 11.9 Å². The highest BCUT2D eigenvalue weighted by Gasteiger charge is 2.31. The van der Waals surface area contributed by atoms with Crippen molar-refractivity contribution in [3.63, 3.8) is 0 Å². The maximum absolute atomic E-state index is 13.2. The number of amides is 1. The molecule has 7 heteroatoms. The number of hydrogen-bond acceptors (Lipinski definition) is 6. The lowest BCUT2D eigenvalue weighted by molar-refractivity contribution is 0.0775. The number of aliphatic imine (C=N–C) groups is 1. The van der Waals surface area contributed by atoms with Crippen LogP contribution in [0.2, 0.25) is 0 Å². The number of hydrogen-bond donors (Lipinski definition) is 0. The molecule has 180 valence electrons. The second-order valence-electron chi connectivity index (χ2n) is 9.69. The highest BCUT2D eigenvalue weighted by Crippen LogP contribution is 2.34. The van der Waals surface area contributed by atoms with E-state index in [0.717, 1.165) is 85.7 Å². The fraction of sp³-hybridized carbons (Fsp3) is 0.393. The van der Waals surface area contributed by atoms with Gasteiger partial charge in [0.05, 0.1) is 17.3 Å². The van der Waals surface area contributed by atoms with Crippen molar-refractivity contribution in [1.82, 2.24) is 14.8 Å². The first-order valence-corrected chi connectivity index (χ1v) is 12.6. The van der Waals surface area contributed by atoms with Gasteiger partial charge in [-0.15, -0.1) is 0 Å². The fourth-order valence-corrected chi connectivity index (χ4v) is 5.41. The SMILES string of the molecule is Cc1cc2cc3c(cc2cc1OCCN1CCN(c2ccccn2)CC1)C(=O)N1CCC[C@H]1C=N3. The van der Waals surface area contributed by atoms with Crippen LogP contribution in [0.5, 0.6) is 5.75 Å². The highest BCUT2D eigenvalue weighted by molar-refractivity contribution is 6.06. The Bertz CT molecular complexity index is 1270. The van der Waals surface area contributed by atoms with Crippen molar-refractivity contribution in [1.29, 1.82) is 0 Å². The Morgan fingerprint density at radius 1 is 1.03 bits per heavy atom. The first-order valence-electron chi connectivity index (χ1n) is 12.6. The topological polar surface area (TPSA) is 61.3 Å². The first-order chi connectivity index (χ1) is 17.2. The summed E-state index contributed by atoms with van der Waals surface area (Å²) in [6, 6.07) is 14.4. The number of aromatic nitrogens is 1. The molecule has 35 heavy (non-hydrogen) atoms. The third-order valence-corrected chi connectivity index (χ3v) is 7.44. The van der Waals surface area contributed by atoms with Gasteiger partial charge in [0.25, 0.3) is 5.91 Å². The van der Waals surface area contributed by atoms with E-state index >= 15 is 0 Å². The van der Waals surface area contributed by atoms with E-state index in [1.807, 2.05) is 41.6 Å². The van der Waals surface area contributed by atoms with Gasteiger partial charge in [0.15, 0.2) is 0 Å². The number of pyridine rings is 1.